The highest BCUT2D eigenvalue weighted by Gasteiger charge is 2.30. The van der Waals surface area contributed by atoms with Crippen LogP contribution in [0.4, 0.5) is 5.82 Å². The van der Waals surface area contributed by atoms with E-state index in [0.29, 0.717) is 12.1 Å². The van der Waals surface area contributed by atoms with E-state index in [1.54, 1.807) is 0 Å². The SMILES string of the molecule is Cc1cc(N2CCC(N3CCC(N)CC3)C2)ncc1Br. The van der Waals surface area contributed by atoms with E-state index in [1.165, 1.54) is 12.0 Å². The van der Waals surface area contributed by atoms with Gasteiger partial charge in [0.2, 0.25) is 0 Å². The van der Waals surface area contributed by atoms with Crippen LogP contribution in [0.2, 0.25) is 0 Å². The molecular weight excluding hydrogens is 316 g/mol. The van der Waals surface area contributed by atoms with Gasteiger partial charge in [-0.3, -0.25) is 4.90 Å². The number of pyridine rings is 1. The van der Waals surface area contributed by atoms with Crippen molar-refractivity contribution in [1.82, 2.24) is 9.88 Å². The number of aromatic nitrogens is 1. The van der Waals surface area contributed by atoms with Crippen molar-refractivity contribution >= 4 is 21.7 Å². The van der Waals surface area contributed by atoms with Gasteiger partial charge in [0.1, 0.15) is 5.82 Å². The normalized spacial score (nSPS) is 25.4. The zero-order valence-corrected chi connectivity index (χ0v) is 13.6. The minimum Gasteiger partial charge on any atom is -0.355 e. The van der Waals surface area contributed by atoms with E-state index < -0.39 is 0 Å². The summed E-state index contributed by atoms with van der Waals surface area (Å²) in [4.78, 5) is 9.59. The topological polar surface area (TPSA) is 45.4 Å². The molecule has 0 amide bonds. The molecule has 1 aromatic heterocycles. The van der Waals surface area contributed by atoms with Gasteiger partial charge in [-0.1, -0.05) is 0 Å². The van der Waals surface area contributed by atoms with Crippen molar-refractivity contribution < 1.29 is 0 Å². The number of nitrogens with two attached hydrogens (primary N) is 1. The second-order valence-electron chi connectivity index (χ2n) is 6.05. The molecule has 3 heterocycles. The first-order chi connectivity index (χ1) is 9.63. The number of piperidine rings is 1. The lowest BCUT2D eigenvalue weighted by Crippen LogP contribution is -2.46. The van der Waals surface area contributed by atoms with Crippen LogP contribution in [0, 0.1) is 6.92 Å². The fraction of sp³-hybridized carbons (Fsp3) is 0.667. The van der Waals surface area contributed by atoms with Crippen LogP contribution in [-0.4, -0.2) is 48.1 Å². The van der Waals surface area contributed by atoms with Gasteiger partial charge in [0.05, 0.1) is 0 Å². The average molecular weight is 339 g/mol. The van der Waals surface area contributed by atoms with Gasteiger partial charge in [-0.2, -0.15) is 0 Å². The smallest absolute Gasteiger partial charge is 0.128 e. The predicted molar refractivity (Wildman–Crippen MR) is 86.1 cm³/mol. The summed E-state index contributed by atoms with van der Waals surface area (Å²) >= 11 is 3.52. The van der Waals surface area contributed by atoms with Gasteiger partial charge in [0.15, 0.2) is 0 Å². The van der Waals surface area contributed by atoms with Crippen LogP contribution in [0.15, 0.2) is 16.7 Å². The van der Waals surface area contributed by atoms with Crippen LogP contribution in [0.5, 0.6) is 0 Å². The van der Waals surface area contributed by atoms with Crippen molar-refractivity contribution in [3.05, 3.63) is 22.3 Å². The largest absolute Gasteiger partial charge is 0.355 e. The van der Waals surface area contributed by atoms with Gasteiger partial charge < -0.3 is 10.6 Å². The van der Waals surface area contributed by atoms with Crippen LogP contribution >= 0.6 is 15.9 Å². The van der Waals surface area contributed by atoms with Crippen LogP contribution in [0.1, 0.15) is 24.8 Å². The Kier molecular flexibility index (Phi) is 4.29. The zero-order chi connectivity index (χ0) is 14.1. The fourth-order valence-corrected chi connectivity index (χ4v) is 3.45. The maximum Gasteiger partial charge on any atom is 0.128 e. The Morgan fingerprint density at radius 1 is 1.25 bits per heavy atom. The minimum absolute atomic E-state index is 0.416. The molecule has 3 rings (SSSR count). The van der Waals surface area contributed by atoms with E-state index in [2.05, 4.69) is 43.7 Å². The maximum absolute atomic E-state index is 5.99. The molecule has 1 unspecified atom stereocenters. The monoisotopic (exact) mass is 338 g/mol. The predicted octanol–water partition coefficient (Wildman–Crippen LogP) is 2.15. The van der Waals surface area contributed by atoms with E-state index in [4.69, 9.17) is 5.73 Å². The molecule has 4 nitrogen and oxygen atoms in total. The second kappa shape index (κ2) is 6.00. The van der Waals surface area contributed by atoms with E-state index >= 15 is 0 Å². The number of aryl methyl sites for hydroxylation is 1. The van der Waals surface area contributed by atoms with E-state index in [9.17, 15) is 0 Å². The first kappa shape index (κ1) is 14.3. The molecule has 2 fully saturated rings. The summed E-state index contributed by atoms with van der Waals surface area (Å²) in [7, 11) is 0. The molecule has 20 heavy (non-hydrogen) atoms. The highest BCUT2D eigenvalue weighted by atomic mass is 79.9. The standard InChI is InChI=1S/C15H23BrN4/c1-11-8-15(18-9-14(11)16)20-7-4-13(10-20)19-5-2-12(17)3-6-19/h8-9,12-13H,2-7,10,17H2,1H3. The molecule has 1 aromatic rings. The lowest BCUT2D eigenvalue weighted by Gasteiger charge is -2.34. The summed E-state index contributed by atoms with van der Waals surface area (Å²) in [5, 5.41) is 0. The van der Waals surface area contributed by atoms with Gasteiger partial charge in [-0.05, 0) is 66.8 Å². The fourth-order valence-electron chi connectivity index (χ4n) is 3.23. The summed E-state index contributed by atoms with van der Waals surface area (Å²) in [6, 6.07) is 3.27. The molecule has 2 aliphatic rings. The van der Waals surface area contributed by atoms with Crippen molar-refractivity contribution in [3.8, 4) is 0 Å². The van der Waals surface area contributed by atoms with Crippen LogP contribution in [0.3, 0.4) is 0 Å². The average Bonchev–Trinajstić information content (AvgIpc) is 2.92. The molecule has 2 saturated heterocycles. The lowest BCUT2D eigenvalue weighted by atomic mass is 10.0. The minimum atomic E-state index is 0.416. The zero-order valence-electron chi connectivity index (χ0n) is 12.1. The summed E-state index contributed by atoms with van der Waals surface area (Å²) in [5.41, 5.74) is 7.25. The highest BCUT2D eigenvalue weighted by molar-refractivity contribution is 9.10. The van der Waals surface area contributed by atoms with Crippen molar-refractivity contribution in [1.29, 1.82) is 0 Å². The Morgan fingerprint density at radius 3 is 2.70 bits per heavy atom. The molecule has 0 aliphatic carbocycles. The molecule has 2 N–H and O–H groups in total. The molecule has 0 saturated carbocycles. The van der Waals surface area contributed by atoms with Crippen molar-refractivity contribution in [2.45, 2.75) is 38.3 Å². The van der Waals surface area contributed by atoms with Crippen molar-refractivity contribution in [2.75, 3.05) is 31.1 Å². The molecule has 110 valence electrons. The van der Waals surface area contributed by atoms with E-state index in [0.717, 1.165) is 49.3 Å². The molecule has 0 spiro atoms. The Labute approximate surface area is 129 Å². The van der Waals surface area contributed by atoms with Crippen LogP contribution < -0.4 is 10.6 Å². The molecule has 5 heteroatoms. The van der Waals surface area contributed by atoms with E-state index in [-0.39, 0.29) is 0 Å². The van der Waals surface area contributed by atoms with Crippen molar-refractivity contribution in [3.63, 3.8) is 0 Å². The number of hydrogen-bond donors (Lipinski definition) is 1. The first-order valence-corrected chi connectivity index (χ1v) is 8.29. The highest BCUT2D eigenvalue weighted by Crippen LogP contribution is 2.26. The lowest BCUT2D eigenvalue weighted by molar-refractivity contribution is 0.163. The number of hydrogen-bond acceptors (Lipinski definition) is 4. The van der Waals surface area contributed by atoms with Gasteiger partial charge >= 0.3 is 0 Å². The molecular formula is C15H23BrN4. The molecule has 0 bridgehead atoms. The Morgan fingerprint density at radius 2 is 2.00 bits per heavy atom. The molecule has 0 aromatic carbocycles. The third-order valence-electron chi connectivity index (χ3n) is 4.61. The van der Waals surface area contributed by atoms with Crippen LogP contribution in [-0.2, 0) is 0 Å². The molecule has 0 radical (unpaired) electrons. The quantitative estimate of drug-likeness (QED) is 0.897. The van der Waals surface area contributed by atoms with Gasteiger partial charge in [0.25, 0.3) is 0 Å². The van der Waals surface area contributed by atoms with Gasteiger partial charge in [-0.15, -0.1) is 0 Å². The second-order valence-corrected chi connectivity index (χ2v) is 6.91. The Hall–Kier alpha value is -0.650. The third kappa shape index (κ3) is 3.00. The number of nitrogens with zero attached hydrogens (tertiary/aromatic N) is 3. The summed E-state index contributed by atoms with van der Waals surface area (Å²) in [6.07, 6.45) is 5.45. The summed E-state index contributed by atoms with van der Waals surface area (Å²) in [5.74, 6) is 1.11. The van der Waals surface area contributed by atoms with Crippen molar-refractivity contribution in [2.24, 2.45) is 5.73 Å². The molecule has 2 aliphatic heterocycles. The summed E-state index contributed by atoms with van der Waals surface area (Å²) < 4.78 is 1.09. The van der Waals surface area contributed by atoms with Gasteiger partial charge in [-0.25, -0.2) is 4.98 Å². The first-order valence-electron chi connectivity index (χ1n) is 7.50. The number of rotatable bonds is 2. The Balaban J connectivity index is 1.63. The maximum atomic E-state index is 5.99. The van der Waals surface area contributed by atoms with Gasteiger partial charge in [0, 0.05) is 35.8 Å². The summed E-state index contributed by atoms with van der Waals surface area (Å²) in [6.45, 7) is 6.65. The number of likely N-dealkylation sites (tertiary alicyclic amines) is 1. The number of halogens is 1. The number of anilines is 1. The Bertz CT molecular complexity index is 471. The third-order valence-corrected chi connectivity index (χ3v) is 5.44. The van der Waals surface area contributed by atoms with Crippen LogP contribution in [0.25, 0.3) is 0 Å². The van der Waals surface area contributed by atoms with E-state index in [1.807, 2.05) is 6.20 Å². The molecule has 1 atom stereocenters.